The van der Waals surface area contributed by atoms with E-state index in [0.717, 1.165) is 12.0 Å². The zero-order chi connectivity index (χ0) is 13.4. The maximum Gasteiger partial charge on any atom is 0.243 e. The number of nitrogens with zero attached hydrogens (tertiary/aromatic N) is 1. The number of benzene rings is 1. The van der Waals surface area contributed by atoms with E-state index in [-0.39, 0.29) is 5.41 Å². The van der Waals surface area contributed by atoms with Crippen molar-refractivity contribution in [3.05, 3.63) is 29.8 Å². The lowest BCUT2D eigenvalue weighted by Crippen LogP contribution is -2.30. The van der Waals surface area contributed by atoms with Crippen molar-refractivity contribution in [1.82, 2.24) is 4.31 Å². The third-order valence-electron chi connectivity index (χ3n) is 3.33. The molecule has 0 unspecified atom stereocenters. The molecule has 0 aromatic heterocycles. The molecule has 0 spiro atoms. The predicted octanol–water partition coefficient (Wildman–Crippen LogP) is 2.85. The fraction of sp³-hybridized carbons (Fsp3) is 0.538. The van der Waals surface area contributed by atoms with Crippen LogP contribution in [0, 0.1) is 5.41 Å². The molecule has 1 saturated heterocycles. The molecule has 1 aromatic rings. The van der Waals surface area contributed by atoms with Crippen LogP contribution in [-0.4, -0.2) is 25.8 Å². The van der Waals surface area contributed by atoms with Crippen LogP contribution in [0.1, 0.15) is 25.8 Å². The molecule has 0 aliphatic carbocycles. The van der Waals surface area contributed by atoms with Crippen LogP contribution >= 0.6 is 11.6 Å². The van der Waals surface area contributed by atoms with Gasteiger partial charge in [0.15, 0.2) is 0 Å². The van der Waals surface area contributed by atoms with Crippen molar-refractivity contribution >= 4 is 21.6 Å². The van der Waals surface area contributed by atoms with E-state index < -0.39 is 10.0 Å². The van der Waals surface area contributed by atoms with Crippen LogP contribution in [0.3, 0.4) is 0 Å². The van der Waals surface area contributed by atoms with E-state index in [0.29, 0.717) is 23.9 Å². The summed E-state index contributed by atoms with van der Waals surface area (Å²) in [7, 11) is -3.37. The molecular formula is C13H18ClNO2S. The Bertz CT molecular complexity index is 540. The maximum atomic E-state index is 12.5. The van der Waals surface area contributed by atoms with E-state index in [2.05, 4.69) is 13.8 Å². The van der Waals surface area contributed by atoms with Gasteiger partial charge in [0, 0.05) is 19.0 Å². The molecule has 0 atom stereocenters. The third-order valence-corrected chi connectivity index (χ3v) is 5.48. The van der Waals surface area contributed by atoms with Gasteiger partial charge in [0.25, 0.3) is 0 Å². The van der Waals surface area contributed by atoms with E-state index in [1.807, 2.05) is 6.07 Å². The van der Waals surface area contributed by atoms with E-state index in [1.165, 1.54) is 0 Å². The smallest absolute Gasteiger partial charge is 0.207 e. The Balaban J connectivity index is 2.31. The molecular weight excluding hydrogens is 270 g/mol. The fourth-order valence-electron chi connectivity index (χ4n) is 2.21. The van der Waals surface area contributed by atoms with Crippen molar-refractivity contribution in [3.63, 3.8) is 0 Å². The summed E-state index contributed by atoms with van der Waals surface area (Å²) in [5.41, 5.74) is 0.896. The van der Waals surface area contributed by atoms with Crippen LogP contribution in [-0.2, 0) is 15.9 Å². The fourth-order valence-corrected chi connectivity index (χ4v) is 4.07. The number of halogens is 1. The Morgan fingerprint density at radius 3 is 2.67 bits per heavy atom. The maximum absolute atomic E-state index is 12.5. The van der Waals surface area contributed by atoms with Crippen molar-refractivity contribution in [3.8, 4) is 0 Å². The second-order valence-corrected chi connectivity index (χ2v) is 7.74. The Morgan fingerprint density at radius 2 is 2.11 bits per heavy atom. The summed E-state index contributed by atoms with van der Waals surface area (Å²) in [5.74, 6) is 0.328. The van der Waals surface area contributed by atoms with Crippen molar-refractivity contribution in [2.75, 3.05) is 13.1 Å². The monoisotopic (exact) mass is 287 g/mol. The molecule has 0 radical (unpaired) electrons. The molecule has 2 rings (SSSR count). The standard InChI is InChI=1S/C13H18ClNO2S/c1-13(2)6-7-15(10-13)18(16,17)12-5-3-4-11(8-12)9-14/h3-5,8H,6-7,9-10H2,1-2H3. The molecule has 100 valence electrons. The molecule has 0 N–H and O–H groups in total. The van der Waals surface area contributed by atoms with Gasteiger partial charge in [-0.15, -0.1) is 11.6 Å². The summed E-state index contributed by atoms with van der Waals surface area (Å²) in [5, 5.41) is 0. The minimum Gasteiger partial charge on any atom is -0.207 e. The second kappa shape index (κ2) is 4.83. The zero-order valence-electron chi connectivity index (χ0n) is 10.7. The lowest BCUT2D eigenvalue weighted by atomic mass is 9.93. The van der Waals surface area contributed by atoms with Crippen LogP contribution in [0.5, 0.6) is 0 Å². The van der Waals surface area contributed by atoms with E-state index in [4.69, 9.17) is 11.6 Å². The highest BCUT2D eigenvalue weighted by molar-refractivity contribution is 7.89. The van der Waals surface area contributed by atoms with Crippen molar-refractivity contribution in [1.29, 1.82) is 0 Å². The van der Waals surface area contributed by atoms with Crippen molar-refractivity contribution in [2.45, 2.75) is 31.0 Å². The lowest BCUT2D eigenvalue weighted by Gasteiger charge is -2.19. The average molecular weight is 288 g/mol. The van der Waals surface area contributed by atoms with Crippen LogP contribution in [0.2, 0.25) is 0 Å². The topological polar surface area (TPSA) is 37.4 Å². The van der Waals surface area contributed by atoms with Gasteiger partial charge in [0.05, 0.1) is 4.90 Å². The summed E-state index contributed by atoms with van der Waals surface area (Å²) >= 11 is 5.75. The molecule has 1 aliphatic heterocycles. The van der Waals surface area contributed by atoms with Crippen LogP contribution in [0.4, 0.5) is 0 Å². The predicted molar refractivity (Wildman–Crippen MR) is 73.2 cm³/mol. The quantitative estimate of drug-likeness (QED) is 0.802. The summed E-state index contributed by atoms with van der Waals surface area (Å²) in [6, 6.07) is 6.87. The molecule has 1 aromatic carbocycles. The third kappa shape index (κ3) is 2.71. The minimum atomic E-state index is -3.37. The normalized spacial score (nSPS) is 20.2. The number of rotatable bonds is 3. The van der Waals surface area contributed by atoms with E-state index >= 15 is 0 Å². The average Bonchev–Trinajstić information content (AvgIpc) is 2.70. The Kier molecular flexibility index (Phi) is 3.72. The molecule has 3 nitrogen and oxygen atoms in total. The minimum absolute atomic E-state index is 0.0666. The summed E-state index contributed by atoms with van der Waals surface area (Å²) in [4.78, 5) is 0.346. The summed E-state index contributed by atoms with van der Waals surface area (Å²) < 4.78 is 26.5. The molecule has 18 heavy (non-hydrogen) atoms. The first-order valence-electron chi connectivity index (χ1n) is 6.00. The molecule has 1 aliphatic rings. The van der Waals surface area contributed by atoms with Gasteiger partial charge in [-0.2, -0.15) is 4.31 Å². The summed E-state index contributed by atoms with van der Waals surface area (Å²) in [6.07, 6.45) is 0.904. The van der Waals surface area contributed by atoms with Gasteiger partial charge in [0.2, 0.25) is 10.0 Å². The molecule has 1 heterocycles. The Hall–Kier alpha value is -0.580. The molecule has 0 amide bonds. The van der Waals surface area contributed by atoms with Crippen LogP contribution in [0.15, 0.2) is 29.2 Å². The second-order valence-electron chi connectivity index (χ2n) is 5.53. The van der Waals surface area contributed by atoms with Crippen LogP contribution in [0.25, 0.3) is 0 Å². The SMILES string of the molecule is CC1(C)CCN(S(=O)(=O)c2cccc(CCl)c2)C1. The number of alkyl halides is 1. The summed E-state index contributed by atoms with van der Waals surface area (Å²) in [6.45, 7) is 5.37. The number of sulfonamides is 1. The highest BCUT2D eigenvalue weighted by Gasteiger charge is 2.36. The van der Waals surface area contributed by atoms with Gasteiger partial charge >= 0.3 is 0 Å². The van der Waals surface area contributed by atoms with Gasteiger partial charge in [-0.25, -0.2) is 8.42 Å². The molecule has 1 fully saturated rings. The van der Waals surface area contributed by atoms with Gasteiger partial charge in [-0.1, -0.05) is 26.0 Å². The zero-order valence-corrected chi connectivity index (χ0v) is 12.3. The Labute approximate surface area is 114 Å². The first kappa shape index (κ1) is 13.8. The first-order valence-corrected chi connectivity index (χ1v) is 7.98. The van der Waals surface area contributed by atoms with Gasteiger partial charge in [-0.05, 0) is 29.5 Å². The molecule has 0 bridgehead atoms. The first-order chi connectivity index (χ1) is 8.35. The van der Waals surface area contributed by atoms with Gasteiger partial charge in [-0.3, -0.25) is 0 Å². The highest BCUT2D eigenvalue weighted by atomic mass is 35.5. The number of hydrogen-bond donors (Lipinski definition) is 0. The Morgan fingerprint density at radius 1 is 1.39 bits per heavy atom. The van der Waals surface area contributed by atoms with Crippen LogP contribution < -0.4 is 0 Å². The number of hydrogen-bond acceptors (Lipinski definition) is 2. The lowest BCUT2D eigenvalue weighted by molar-refractivity contribution is 0.375. The van der Waals surface area contributed by atoms with Crippen molar-refractivity contribution in [2.24, 2.45) is 5.41 Å². The van der Waals surface area contributed by atoms with Gasteiger partial charge < -0.3 is 0 Å². The largest absolute Gasteiger partial charge is 0.243 e. The highest BCUT2D eigenvalue weighted by Crippen LogP contribution is 2.32. The van der Waals surface area contributed by atoms with E-state index in [9.17, 15) is 8.42 Å². The molecule has 5 heteroatoms. The van der Waals surface area contributed by atoms with E-state index in [1.54, 1.807) is 22.5 Å². The van der Waals surface area contributed by atoms with Gasteiger partial charge in [0.1, 0.15) is 0 Å². The van der Waals surface area contributed by atoms with Crippen molar-refractivity contribution < 1.29 is 8.42 Å². The molecule has 0 saturated carbocycles.